The molecule has 0 saturated heterocycles. The third kappa shape index (κ3) is 3.50. The SMILES string of the molecule is CN(C)Cc1ccccc1-c1n[nH]c2ncnc(Nc3ccc(F)cc3)c12. The summed E-state index contributed by atoms with van der Waals surface area (Å²) in [5.41, 5.74) is 4.35. The molecule has 2 N–H and O–H groups in total. The summed E-state index contributed by atoms with van der Waals surface area (Å²) in [6.45, 7) is 0.791. The number of fused-ring (bicyclic) bond motifs is 1. The van der Waals surface area contributed by atoms with Gasteiger partial charge in [-0.2, -0.15) is 5.10 Å². The maximum absolute atomic E-state index is 13.2. The number of nitrogens with one attached hydrogen (secondary N) is 2. The number of halogens is 1. The first-order valence-electron chi connectivity index (χ1n) is 8.56. The van der Waals surface area contributed by atoms with Crippen LogP contribution >= 0.6 is 0 Å². The molecule has 0 radical (unpaired) electrons. The van der Waals surface area contributed by atoms with Crippen LogP contribution in [0, 0.1) is 5.82 Å². The molecule has 4 aromatic rings. The average molecular weight is 362 g/mol. The van der Waals surface area contributed by atoms with Gasteiger partial charge in [0.2, 0.25) is 0 Å². The van der Waals surface area contributed by atoms with E-state index in [0.717, 1.165) is 34.4 Å². The van der Waals surface area contributed by atoms with Crippen molar-refractivity contribution in [1.82, 2.24) is 25.1 Å². The topological polar surface area (TPSA) is 69.7 Å². The molecule has 6 nitrogen and oxygen atoms in total. The Kier molecular flexibility index (Phi) is 4.52. The summed E-state index contributed by atoms with van der Waals surface area (Å²) in [7, 11) is 4.06. The second kappa shape index (κ2) is 7.13. The maximum Gasteiger partial charge on any atom is 0.161 e. The van der Waals surface area contributed by atoms with Crippen LogP contribution in [-0.4, -0.2) is 39.2 Å². The number of anilines is 2. The number of H-pyrrole nitrogens is 1. The van der Waals surface area contributed by atoms with Crippen molar-refractivity contribution < 1.29 is 4.39 Å². The van der Waals surface area contributed by atoms with Crippen molar-refractivity contribution in [3.63, 3.8) is 0 Å². The molecule has 0 spiro atoms. The first kappa shape index (κ1) is 17.1. The second-order valence-electron chi connectivity index (χ2n) is 6.54. The summed E-state index contributed by atoms with van der Waals surface area (Å²) in [5, 5.41) is 11.5. The Morgan fingerprint density at radius 2 is 1.81 bits per heavy atom. The number of aromatic nitrogens is 4. The van der Waals surface area contributed by atoms with Gasteiger partial charge in [0, 0.05) is 17.8 Å². The molecule has 0 fully saturated rings. The van der Waals surface area contributed by atoms with Crippen LogP contribution in [0.15, 0.2) is 54.9 Å². The summed E-state index contributed by atoms with van der Waals surface area (Å²) < 4.78 is 13.2. The van der Waals surface area contributed by atoms with Gasteiger partial charge in [-0.3, -0.25) is 5.10 Å². The van der Waals surface area contributed by atoms with E-state index in [-0.39, 0.29) is 5.82 Å². The largest absolute Gasteiger partial charge is 0.339 e. The molecule has 136 valence electrons. The number of nitrogens with zero attached hydrogens (tertiary/aromatic N) is 4. The number of rotatable bonds is 5. The van der Waals surface area contributed by atoms with Crippen LogP contribution in [0.5, 0.6) is 0 Å². The molecule has 7 heteroatoms. The number of aromatic amines is 1. The molecule has 4 rings (SSSR count). The summed E-state index contributed by atoms with van der Waals surface area (Å²) >= 11 is 0. The molecule has 0 aliphatic heterocycles. The third-order valence-electron chi connectivity index (χ3n) is 4.22. The number of hydrogen-bond acceptors (Lipinski definition) is 5. The van der Waals surface area contributed by atoms with Crippen molar-refractivity contribution in [1.29, 1.82) is 0 Å². The van der Waals surface area contributed by atoms with Crippen molar-refractivity contribution in [3.8, 4) is 11.3 Å². The van der Waals surface area contributed by atoms with E-state index in [2.05, 4.69) is 36.4 Å². The molecule has 2 aromatic carbocycles. The number of hydrogen-bond donors (Lipinski definition) is 2. The molecular weight excluding hydrogens is 343 g/mol. The van der Waals surface area contributed by atoms with E-state index in [1.54, 1.807) is 12.1 Å². The van der Waals surface area contributed by atoms with Gasteiger partial charge in [0.15, 0.2) is 5.65 Å². The van der Waals surface area contributed by atoms with Gasteiger partial charge in [-0.1, -0.05) is 24.3 Å². The van der Waals surface area contributed by atoms with Gasteiger partial charge >= 0.3 is 0 Å². The molecule has 0 aliphatic carbocycles. The molecule has 0 atom stereocenters. The number of benzene rings is 2. The molecule has 0 unspecified atom stereocenters. The van der Waals surface area contributed by atoms with Crippen molar-refractivity contribution in [3.05, 3.63) is 66.2 Å². The highest BCUT2D eigenvalue weighted by Crippen LogP contribution is 2.33. The highest BCUT2D eigenvalue weighted by molar-refractivity contribution is 6.00. The lowest BCUT2D eigenvalue weighted by atomic mass is 10.0. The van der Waals surface area contributed by atoms with Crippen molar-refractivity contribution >= 4 is 22.5 Å². The normalized spacial score (nSPS) is 11.3. The van der Waals surface area contributed by atoms with Crippen LogP contribution in [0.4, 0.5) is 15.9 Å². The minimum absolute atomic E-state index is 0.282. The van der Waals surface area contributed by atoms with Crippen LogP contribution < -0.4 is 5.32 Å². The Bertz CT molecular complexity index is 1070. The third-order valence-corrected chi connectivity index (χ3v) is 4.22. The monoisotopic (exact) mass is 362 g/mol. The van der Waals surface area contributed by atoms with E-state index in [4.69, 9.17) is 0 Å². The van der Waals surface area contributed by atoms with Gasteiger partial charge in [0.1, 0.15) is 23.7 Å². The Balaban J connectivity index is 1.83. The van der Waals surface area contributed by atoms with Gasteiger partial charge in [-0.05, 0) is 43.9 Å². The second-order valence-corrected chi connectivity index (χ2v) is 6.54. The fourth-order valence-electron chi connectivity index (χ4n) is 3.05. The van der Waals surface area contributed by atoms with E-state index < -0.39 is 0 Å². The quantitative estimate of drug-likeness (QED) is 0.562. The standard InChI is InChI=1S/C20H19FN6/c1-27(2)11-13-5-3-4-6-16(13)18-17-19(22-12-23-20(17)26-25-18)24-15-9-7-14(21)8-10-15/h3-10,12H,11H2,1-2H3,(H2,22,23,24,25,26). The Morgan fingerprint density at radius 3 is 2.59 bits per heavy atom. The molecule has 0 aliphatic rings. The lowest BCUT2D eigenvalue weighted by Crippen LogP contribution is -2.11. The maximum atomic E-state index is 13.2. The summed E-state index contributed by atoms with van der Waals surface area (Å²) in [6.07, 6.45) is 1.47. The smallest absolute Gasteiger partial charge is 0.161 e. The van der Waals surface area contributed by atoms with E-state index in [0.29, 0.717) is 11.5 Å². The zero-order valence-electron chi connectivity index (χ0n) is 15.1. The summed E-state index contributed by atoms with van der Waals surface area (Å²) in [4.78, 5) is 10.8. The highest BCUT2D eigenvalue weighted by atomic mass is 19.1. The van der Waals surface area contributed by atoms with Crippen molar-refractivity contribution in [2.24, 2.45) is 0 Å². The molecule has 0 bridgehead atoms. The highest BCUT2D eigenvalue weighted by Gasteiger charge is 2.17. The van der Waals surface area contributed by atoms with Gasteiger partial charge in [0.05, 0.1) is 5.39 Å². The van der Waals surface area contributed by atoms with Gasteiger partial charge in [-0.25, -0.2) is 14.4 Å². The lowest BCUT2D eigenvalue weighted by molar-refractivity contribution is 0.403. The van der Waals surface area contributed by atoms with Crippen LogP contribution in [-0.2, 0) is 6.54 Å². The van der Waals surface area contributed by atoms with Gasteiger partial charge in [-0.15, -0.1) is 0 Å². The fourth-order valence-corrected chi connectivity index (χ4v) is 3.05. The van der Waals surface area contributed by atoms with E-state index in [1.165, 1.54) is 18.5 Å². The van der Waals surface area contributed by atoms with Gasteiger partial charge < -0.3 is 10.2 Å². The van der Waals surface area contributed by atoms with Crippen LogP contribution in [0.25, 0.3) is 22.3 Å². The molecule has 2 aromatic heterocycles. The summed E-state index contributed by atoms with van der Waals surface area (Å²) in [6, 6.07) is 14.3. The van der Waals surface area contributed by atoms with E-state index in [1.807, 2.05) is 32.3 Å². The average Bonchev–Trinajstić information content (AvgIpc) is 3.09. The predicted molar refractivity (Wildman–Crippen MR) is 104 cm³/mol. The van der Waals surface area contributed by atoms with Crippen LogP contribution in [0.1, 0.15) is 5.56 Å². The van der Waals surface area contributed by atoms with Crippen LogP contribution in [0.3, 0.4) is 0 Å². The zero-order valence-corrected chi connectivity index (χ0v) is 15.1. The van der Waals surface area contributed by atoms with Crippen molar-refractivity contribution in [2.45, 2.75) is 6.54 Å². The first-order valence-corrected chi connectivity index (χ1v) is 8.56. The Labute approximate surface area is 156 Å². The molecular formula is C20H19FN6. The summed E-state index contributed by atoms with van der Waals surface area (Å²) in [5.74, 6) is 0.338. The Morgan fingerprint density at radius 1 is 1.04 bits per heavy atom. The molecule has 2 heterocycles. The molecule has 0 saturated carbocycles. The molecule has 0 amide bonds. The van der Waals surface area contributed by atoms with Crippen molar-refractivity contribution in [2.75, 3.05) is 19.4 Å². The van der Waals surface area contributed by atoms with Crippen LogP contribution in [0.2, 0.25) is 0 Å². The molecule has 27 heavy (non-hydrogen) atoms. The predicted octanol–water partition coefficient (Wildman–Crippen LogP) is 3.96. The zero-order chi connectivity index (χ0) is 18.8. The van der Waals surface area contributed by atoms with Gasteiger partial charge in [0.25, 0.3) is 0 Å². The first-order chi connectivity index (χ1) is 13.1. The van der Waals surface area contributed by atoms with E-state index >= 15 is 0 Å². The lowest BCUT2D eigenvalue weighted by Gasteiger charge is -2.13. The minimum Gasteiger partial charge on any atom is -0.339 e. The Hall–Kier alpha value is -3.32. The van der Waals surface area contributed by atoms with E-state index in [9.17, 15) is 4.39 Å². The fraction of sp³-hybridized carbons (Fsp3) is 0.150. The minimum atomic E-state index is -0.282.